The Morgan fingerprint density at radius 1 is 1.37 bits per heavy atom. The number of carbonyl (C=O) groups excluding carboxylic acids is 3. The topological polar surface area (TPSA) is 147 Å². The fraction of sp³-hybridized carbons (Fsp3) is 0.529. The second-order valence-corrected chi connectivity index (χ2v) is 10.5. The first kappa shape index (κ1) is 21.1. The minimum atomic E-state index is -1.39. The molecule has 3 N–H and O–H groups in total. The van der Waals surface area contributed by atoms with E-state index in [9.17, 15) is 24.3 Å². The summed E-state index contributed by atoms with van der Waals surface area (Å²) >= 11 is 4.02. The van der Waals surface area contributed by atoms with Crippen LogP contribution in [0, 0.1) is 12.8 Å². The first-order valence-corrected chi connectivity index (χ1v) is 12.3. The number of thioether (sulfide) groups is 2. The van der Waals surface area contributed by atoms with E-state index in [0.717, 1.165) is 9.91 Å². The van der Waals surface area contributed by atoms with Crippen molar-refractivity contribution in [2.75, 3.05) is 24.3 Å². The van der Waals surface area contributed by atoms with E-state index in [-0.39, 0.29) is 29.5 Å². The molecule has 3 aliphatic heterocycles. The fourth-order valence-electron chi connectivity index (χ4n) is 4.76. The first-order chi connectivity index (χ1) is 14.2. The van der Waals surface area contributed by atoms with Gasteiger partial charge in [-0.1, -0.05) is 23.1 Å². The fourth-order valence-corrected chi connectivity index (χ4v) is 7.16. The van der Waals surface area contributed by atoms with Gasteiger partial charge in [-0.25, -0.2) is 9.59 Å². The first-order valence-electron chi connectivity index (χ1n) is 9.06. The molecular weight excluding hydrogens is 450 g/mol. The van der Waals surface area contributed by atoms with Crippen LogP contribution in [-0.2, 0) is 14.4 Å². The Morgan fingerprint density at radius 3 is 2.67 bits per heavy atom. The molecule has 0 radical (unpaired) electrons. The number of hydrogen-bond acceptors (Lipinski definition) is 9. The van der Waals surface area contributed by atoms with Gasteiger partial charge in [-0.05, 0) is 25.2 Å². The number of urea groups is 1. The number of nitrogens with two attached hydrogens (primary N) is 1. The van der Waals surface area contributed by atoms with Gasteiger partial charge in [0, 0.05) is 18.2 Å². The van der Waals surface area contributed by atoms with Crippen LogP contribution in [0.3, 0.4) is 0 Å². The monoisotopic (exact) mass is 469 g/mol. The van der Waals surface area contributed by atoms with Gasteiger partial charge in [-0.2, -0.15) is 11.8 Å². The SMILES string of the molecule is CSCC(=O)[C@@]12C3CCN(C(N)=O)[C@@H]1C(=O)N2C(C(=O)O)=C3CSc1nnc(C)s1. The number of nitrogens with zero attached hydrogens (tertiary/aromatic N) is 4. The second-order valence-electron chi connectivity index (χ2n) is 7.19. The van der Waals surface area contributed by atoms with E-state index in [1.54, 1.807) is 6.26 Å². The van der Waals surface area contributed by atoms with Gasteiger partial charge in [-0.3, -0.25) is 14.5 Å². The Labute approximate surface area is 184 Å². The summed E-state index contributed by atoms with van der Waals surface area (Å²) in [6, 6.07) is -1.85. The van der Waals surface area contributed by atoms with Crippen molar-refractivity contribution in [2.45, 2.75) is 29.3 Å². The number of aryl methyl sites for hydroxylation is 1. The molecule has 4 rings (SSSR count). The average Bonchev–Trinajstić information content (AvgIpc) is 3.23. The standard InChI is InChI=1S/C17H19N5O5S3/c1-7-19-20-16(30-7)29-5-8-9-3-4-21(15(18)27)12-13(24)22(11(8)14(25)26)17(9,12)10(23)6-28-2/h9,12H,3-6H2,1-2H3,(H2,18,27)(H,25,26)/t9?,12-,17+/m1/s1. The molecule has 10 nitrogen and oxygen atoms in total. The van der Waals surface area contributed by atoms with Crippen LogP contribution in [0.25, 0.3) is 0 Å². The van der Waals surface area contributed by atoms with Gasteiger partial charge in [0.1, 0.15) is 22.3 Å². The molecule has 4 heterocycles. The van der Waals surface area contributed by atoms with Crippen LogP contribution < -0.4 is 5.73 Å². The number of amides is 3. The number of carbonyl (C=O) groups is 4. The third-order valence-corrected chi connectivity index (χ3v) is 8.33. The van der Waals surface area contributed by atoms with Crippen molar-refractivity contribution in [1.82, 2.24) is 20.0 Å². The molecule has 2 saturated heterocycles. The van der Waals surface area contributed by atoms with Gasteiger partial charge in [0.15, 0.2) is 10.1 Å². The number of aromatic nitrogens is 2. The van der Waals surface area contributed by atoms with E-state index in [1.165, 1.54) is 39.8 Å². The number of carboxylic acids is 1. The Bertz CT molecular complexity index is 994. The van der Waals surface area contributed by atoms with E-state index in [4.69, 9.17) is 5.73 Å². The molecule has 0 saturated carbocycles. The van der Waals surface area contributed by atoms with E-state index < -0.39 is 35.4 Å². The Kier molecular flexibility index (Phi) is 5.31. The van der Waals surface area contributed by atoms with Crippen molar-refractivity contribution >= 4 is 58.6 Å². The molecule has 2 fully saturated rings. The summed E-state index contributed by atoms with van der Waals surface area (Å²) < 4.78 is 0.681. The predicted octanol–water partition coefficient (Wildman–Crippen LogP) is 0.573. The molecule has 30 heavy (non-hydrogen) atoms. The molecule has 0 aromatic carbocycles. The van der Waals surface area contributed by atoms with Crippen molar-refractivity contribution in [2.24, 2.45) is 11.7 Å². The zero-order chi connectivity index (χ0) is 21.8. The molecule has 1 aromatic heterocycles. The molecule has 3 amide bonds. The molecule has 13 heteroatoms. The van der Waals surface area contributed by atoms with E-state index in [0.29, 0.717) is 16.3 Å². The lowest BCUT2D eigenvalue weighted by Crippen LogP contribution is -2.85. The van der Waals surface area contributed by atoms with Crippen LogP contribution in [0.4, 0.5) is 4.79 Å². The lowest BCUT2D eigenvalue weighted by molar-refractivity contribution is -0.181. The number of rotatable bonds is 7. The number of piperidine rings is 1. The number of Topliss-reactive ketones (excluding diaryl/α,β-unsaturated/α-hetero) is 1. The number of hydrogen-bond donors (Lipinski definition) is 2. The van der Waals surface area contributed by atoms with Crippen molar-refractivity contribution in [3.8, 4) is 0 Å². The summed E-state index contributed by atoms with van der Waals surface area (Å²) in [6.07, 6.45) is 2.11. The van der Waals surface area contributed by atoms with Crippen LogP contribution in [0.15, 0.2) is 15.6 Å². The van der Waals surface area contributed by atoms with Crippen molar-refractivity contribution in [3.63, 3.8) is 0 Å². The average molecular weight is 470 g/mol. The number of primary amides is 1. The van der Waals surface area contributed by atoms with Gasteiger partial charge in [0.05, 0.1) is 5.75 Å². The van der Waals surface area contributed by atoms with Crippen LogP contribution >= 0.6 is 34.9 Å². The minimum absolute atomic E-state index is 0.103. The van der Waals surface area contributed by atoms with Crippen LogP contribution in [0.5, 0.6) is 0 Å². The van der Waals surface area contributed by atoms with E-state index in [1.807, 2.05) is 6.92 Å². The Morgan fingerprint density at radius 2 is 2.10 bits per heavy atom. The van der Waals surface area contributed by atoms with Gasteiger partial charge in [0.25, 0.3) is 5.91 Å². The molecule has 1 unspecified atom stereocenters. The minimum Gasteiger partial charge on any atom is -0.477 e. The summed E-state index contributed by atoms with van der Waals surface area (Å²) in [5, 5.41) is 18.7. The number of ketones is 1. The molecule has 160 valence electrons. The molecule has 0 bridgehead atoms. The highest BCUT2D eigenvalue weighted by molar-refractivity contribution is 8.01. The zero-order valence-electron chi connectivity index (χ0n) is 16.2. The predicted molar refractivity (Wildman–Crippen MR) is 111 cm³/mol. The lowest BCUT2D eigenvalue weighted by atomic mass is 9.64. The summed E-state index contributed by atoms with van der Waals surface area (Å²) in [6.45, 7) is 2.02. The van der Waals surface area contributed by atoms with E-state index >= 15 is 0 Å². The van der Waals surface area contributed by atoms with Crippen molar-refractivity contribution < 1.29 is 24.3 Å². The maximum atomic E-state index is 13.3. The zero-order valence-corrected chi connectivity index (χ0v) is 18.6. The molecule has 0 aliphatic carbocycles. The highest BCUT2D eigenvalue weighted by Gasteiger charge is 2.77. The van der Waals surface area contributed by atoms with Crippen LogP contribution in [0.1, 0.15) is 11.4 Å². The number of likely N-dealkylation sites (tertiary alicyclic amines) is 1. The van der Waals surface area contributed by atoms with Gasteiger partial charge in [0.2, 0.25) is 0 Å². The van der Waals surface area contributed by atoms with Crippen LogP contribution in [0.2, 0.25) is 0 Å². The van der Waals surface area contributed by atoms with Gasteiger partial charge in [-0.15, -0.1) is 10.2 Å². The second kappa shape index (κ2) is 7.54. The number of aliphatic carboxylic acids is 1. The van der Waals surface area contributed by atoms with Crippen molar-refractivity contribution in [3.05, 3.63) is 16.3 Å². The summed E-state index contributed by atoms with van der Waals surface area (Å²) in [4.78, 5) is 52.8. The number of carboxylic acid groups (broad SMARTS) is 1. The molecule has 1 aromatic rings. The maximum Gasteiger partial charge on any atom is 0.352 e. The summed E-state index contributed by atoms with van der Waals surface area (Å²) in [5.41, 5.74) is 4.45. The molecule has 3 aliphatic rings. The van der Waals surface area contributed by atoms with Crippen LogP contribution in [-0.4, -0.2) is 84.7 Å². The normalized spacial score (nSPS) is 27.2. The third-order valence-electron chi connectivity index (χ3n) is 5.76. The largest absolute Gasteiger partial charge is 0.477 e. The van der Waals surface area contributed by atoms with Gasteiger partial charge >= 0.3 is 12.0 Å². The summed E-state index contributed by atoms with van der Waals surface area (Å²) in [7, 11) is 0. The highest BCUT2D eigenvalue weighted by Crippen LogP contribution is 2.58. The maximum absolute atomic E-state index is 13.3. The molecule has 3 atom stereocenters. The van der Waals surface area contributed by atoms with E-state index in [2.05, 4.69) is 10.2 Å². The molecular formula is C17H19N5O5S3. The molecule has 0 spiro atoms. The number of β-lactam (4-membered cyclic amide) rings is 1. The van der Waals surface area contributed by atoms with Gasteiger partial charge < -0.3 is 15.7 Å². The smallest absolute Gasteiger partial charge is 0.352 e. The summed E-state index contributed by atoms with van der Waals surface area (Å²) in [5.74, 6) is -2.21. The van der Waals surface area contributed by atoms with Crippen molar-refractivity contribution in [1.29, 1.82) is 0 Å². The quantitative estimate of drug-likeness (QED) is 0.432. The Hall–Kier alpha value is -2.12. The third kappa shape index (κ3) is 2.78. The highest BCUT2D eigenvalue weighted by atomic mass is 32.2. The lowest BCUT2D eigenvalue weighted by Gasteiger charge is -2.60. The Balaban J connectivity index is 1.78.